The van der Waals surface area contributed by atoms with E-state index in [1.807, 2.05) is 0 Å². The molecule has 6 nitrogen and oxygen atoms in total. The zero-order valence-corrected chi connectivity index (χ0v) is 12.8. The van der Waals surface area contributed by atoms with Crippen molar-refractivity contribution >= 4 is 17.8 Å². The number of urea groups is 1. The van der Waals surface area contributed by atoms with Gasteiger partial charge in [-0.15, -0.1) is 0 Å². The summed E-state index contributed by atoms with van der Waals surface area (Å²) >= 11 is 0. The highest BCUT2D eigenvalue weighted by atomic mass is 19.1. The number of aryl methyl sites for hydroxylation is 1. The molecule has 23 heavy (non-hydrogen) atoms. The Kier molecular flexibility index (Phi) is 4.02. The molecule has 1 N–H and O–H groups in total. The summed E-state index contributed by atoms with van der Waals surface area (Å²) in [5, 5.41) is 2.60. The summed E-state index contributed by atoms with van der Waals surface area (Å²) in [6.07, 6.45) is 1.83. The van der Waals surface area contributed by atoms with Gasteiger partial charge >= 0.3 is 6.03 Å². The second-order valence-electron chi connectivity index (χ2n) is 5.98. The van der Waals surface area contributed by atoms with Gasteiger partial charge in [0.1, 0.15) is 18.9 Å². The Hall–Kier alpha value is -2.44. The monoisotopic (exact) mass is 319 g/mol. The molecule has 1 aromatic rings. The summed E-state index contributed by atoms with van der Waals surface area (Å²) in [4.78, 5) is 38.4. The Morgan fingerprint density at radius 1 is 1.35 bits per heavy atom. The Balaban J connectivity index is 1.53. The van der Waals surface area contributed by atoms with Gasteiger partial charge in [0.05, 0.1) is 0 Å². The van der Waals surface area contributed by atoms with Crippen LogP contribution in [-0.4, -0.2) is 46.8 Å². The van der Waals surface area contributed by atoms with E-state index in [1.54, 1.807) is 19.1 Å². The number of carbonyl (C=O) groups excluding carboxylic acids is 3. The van der Waals surface area contributed by atoms with Gasteiger partial charge in [0.15, 0.2) is 0 Å². The molecule has 122 valence electrons. The minimum atomic E-state index is -0.440. The van der Waals surface area contributed by atoms with Crippen LogP contribution in [0.1, 0.15) is 24.0 Å². The fraction of sp³-hybridized carbons (Fsp3) is 0.438. The maximum atomic E-state index is 13.4. The van der Waals surface area contributed by atoms with Gasteiger partial charge < -0.3 is 10.2 Å². The number of hydrogen-bond donors (Lipinski definition) is 1. The number of halogens is 1. The van der Waals surface area contributed by atoms with E-state index < -0.39 is 11.9 Å². The molecule has 3 rings (SSSR count). The highest BCUT2D eigenvalue weighted by Gasteiger charge is 2.44. The third-order valence-electron chi connectivity index (χ3n) is 4.10. The van der Waals surface area contributed by atoms with Crippen LogP contribution < -0.4 is 5.32 Å². The highest BCUT2D eigenvalue weighted by Crippen LogP contribution is 2.30. The molecule has 0 unspecified atom stereocenters. The standard InChI is InChI=1S/C16H18FN3O3/c1-10-2-3-11(6-13(10)17)7-18-14(21)8-20-15(22)9-19(16(20)23)12-4-5-12/h2-3,6,12H,4-5,7-9H2,1H3,(H,18,21). The van der Waals surface area contributed by atoms with Crippen molar-refractivity contribution < 1.29 is 18.8 Å². The number of imide groups is 1. The van der Waals surface area contributed by atoms with Crippen LogP contribution >= 0.6 is 0 Å². The zero-order valence-electron chi connectivity index (χ0n) is 12.8. The molecule has 4 amide bonds. The second-order valence-corrected chi connectivity index (χ2v) is 5.98. The molecular formula is C16H18FN3O3. The number of benzene rings is 1. The second kappa shape index (κ2) is 5.98. The first-order valence-electron chi connectivity index (χ1n) is 7.58. The largest absolute Gasteiger partial charge is 0.350 e. The van der Waals surface area contributed by atoms with Gasteiger partial charge in [-0.1, -0.05) is 12.1 Å². The lowest BCUT2D eigenvalue weighted by Crippen LogP contribution is -2.41. The quantitative estimate of drug-likeness (QED) is 0.829. The zero-order chi connectivity index (χ0) is 16.6. The van der Waals surface area contributed by atoms with Crippen molar-refractivity contribution in [1.29, 1.82) is 0 Å². The Morgan fingerprint density at radius 3 is 2.74 bits per heavy atom. The van der Waals surface area contributed by atoms with E-state index in [0.29, 0.717) is 11.1 Å². The van der Waals surface area contributed by atoms with Gasteiger partial charge in [-0.05, 0) is 37.0 Å². The number of amides is 4. The number of nitrogens with zero attached hydrogens (tertiary/aromatic N) is 2. The van der Waals surface area contributed by atoms with E-state index in [4.69, 9.17) is 0 Å². The average Bonchev–Trinajstić information content (AvgIpc) is 3.31. The Morgan fingerprint density at radius 2 is 2.09 bits per heavy atom. The summed E-state index contributed by atoms with van der Waals surface area (Å²) in [7, 11) is 0. The van der Waals surface area contributed by atoms with Crippen molar-refractivity contribution in [3.63, 3.8) is 0 Å². The van der Waals surface area contributed by atoms with Crippen LogP contribution in [-0.2, 0) is 16.1 Å². The van der Waals surface area contributed by atoms with E-state index in [1.165, 1.54) is 11.0 Å². The van der Waals surface area contributed by atoms with Gasteiger partial charge in [-0.3, -0.25) is 14.5 Å². The third kappa shape index (κ3) is 3.33. The fourth-order valence-electron chi connectivity index (χ4n) is 2.53. The van der Waals surface area contributed by atoms with E-state index in [2.05, 4.69) is 5.32 Å². The van der Waals surface area contributed by atoms with Gasteiger partial charge in [-0.2, -0.15) is 0 Å². The predicted octanol–water partition coefficient (Wildman–Crippen LogP) is 1.18. The molecule has 7 heteroatoms. The number of rotatable bonds is 5. The maximum Gasteiger partial charge on any atom is 0.327 e. The van der Waals surface area contributed by atoms with Crippen molar-refractivity contribution in [3.8, 4) is 0 Å². The van der Waals surface area contributed by atoms with Crippen LogP contribution in [0, 0.1) is 12.7 Å². The van der Waals surface area contributed by atoms with Crippen molar-refractivity contribution in [2.24, 2.45) is 0 Å². The molecule has 0 atom stereocenters. The van der Waals surface area contributed by atoms with Crippen LogP contribution in [0.5, 0.6) is 0 Å². The fourth-order valence-corrected chi connectivity index (χ4v) is 2.53. The van der Waals surface area contributed by atoms with Crippen LogP contribution in [0.4, 0.5) is 9.18 Å². The Labute approximate surface area is 133 Å². The van der Waals surface area contributed by atoms with Crippen LogP contribution in [0.15, 0.2) is 18.2 Å². The van der Waals surface area contributed by atoms with Crippen LogP contribution in [0.25, 0.3) is 0 Å². The van der Waals surface area contributed by atoms with Gasteiger partial charge in [0.25, 0.3) is 5.91 Å². The minimum Gasteiger partial charge on any atom is -0.350 e. The average molecular weight is 319 g/mol. The molecule has 0 spiro atoms. The molecule has 0 aromatic heterocycles. The molecule has 0 radical (unpaired) electrons. The lowest BCUT2D eigenvalue weighted by molar-refractivity contribution is -0.130. The van der Waals surface area contributed by atoms with Crippen LogP contribution in [0.3, 0.4) is 0 Å². The van der Waals surface area contributed by atoms with E-state index in [9.17, 15) is 18.8 Å². The molecule has 1 aliphatic heterocycles. The van der Waals surface area contributed by atoms with Crippen molar-refractivity contribution in [2.75, 3.05) is 13.1 Å². The van der Waals surface area contributed by atoms with Gasteiger partial charge in [0.2, 0.25) is 5.91 Å². The summed E-state index contributed by atoms with van der Waals surface area (Å²) < 4.78 is 13.4. The molecule has 1 saturated carbocycles. The number of carbonyl (C=O) groups is 3. The number of hydrogen-bond acceptors (Lipinski definition) is 3. The summed E-state index contributed by atoms with van der Waals surface area (Å²) in [6, 6.07) is 4.47. The minimum absolute atomic E-state index is 0.0555. The van der Waals surface area contributed by atoms with Crippen molar-refractivity contribution in [1.82, 2.24) is 15.1 Å². The van der Waals surface area contributed by atoms with Crippen molar-refractivity contribution in [3.05, 3.63) is 35.1 Å². The smallest absolute Gasteiger partial charge is 0.327 e. The Bertz CT molecular complexity index is 673. The van der Waals surface area contributed by atoms with Gasteiger partial charge in [-0.25, -0.2) is 9.18 Å². The molecule has 1 aromatic carbocycles. The van der Waals surface area contributed by atoms with Crippen molar-refractivity contribution in [2.45, 2.75) is 32.4 Å². The molecule has 2 aliphatic rings. The molecular weight excluding hydrogens is 301 g/mol. The molecule has 1 heterocycles. The van der Waals surface area contributed by atoms with E-state index >= 15 is 0 Å². The molecule has 2 fully saturated rings. The normalized spacial score (nSPS) is 17.8. The summed E-state index contributed by atoms with van der Waals surface area (Å²) in [5.41, 5.74) is 1.16. The van der Waals surface area contributed by atoms with E-state index in [0.717, 1.165) is 17.7 Å². The molecule has 1 aliphatic carbocycles. The topological polar surface area (TPSA) is 69.7 Å². The first kappa shape index (κ1) is 15.5. The lowest BCUT2D eigenvalue weighted by atomic mass is 10.1. The summed E-state index contributed by atoms with van der Waals surface area (Å²) in [5.74, 6) is -1.12. The van der Waals surface area contributed by atoms with Gasteiger partial charge in [0, 0.05) is 12.6 Å². The lowest BCUT2D eigenvalue weighted by Gasteiger charge is -2.16. The highest BCUT2D eigenvalue weighted by molar-refractivity contribution is 6.04. The first-order valence-corrected chi connectivity index (χ1v) is 7.58. The predicted molar refractivity (Wildman–Crippen MR) is 79.8 cm³/mol. The molecule has 0 bridgehead atoms. The first-order chi connectivity index (χ1) is 11.0. The third-order valence-corrected chi connectivity index (χ3v) is 4.10. The van der Waals surface area contributed by atoms with E-state index in [-0.39, 0.29) is 37.4 Å². The maximum absolute atomic E-state index is 13.4. The molecule has 1 saturated heterocycles. The number of nitrogens with one attached hydrogen (secondary N) is 1. The SMILES string of the molecule is Cc1ccc(CNC(=O)CN2C(=O)CN(C3CC3)C2=O)cc1F. The van der Waals surface area contributed by atoms with Crippen LogP contribution in [0.2, 0.25) is 0 Å². The summed E-state index contributed by atoms with van der Waals surface area (Å²) in [6.45, 7) is 1.57.